The Morgan fingerprint density at radius 1 is 0.943 bits per heavy atom. The summed E-state index contributed by atoms with van der Waals surface area (Å²) in [4.78, 5) is 51.7. The molecule has 1 aliphatic heterocycles. The van der Waals surface area contributed by atoms with Crippen molar-refractivity contribution in [3.05, 3.63) is 64.5 Å². The van der Waals surface area contributed by atoms with E-state index < -0.39 is 30.2 Å². The Labute approximate surface area is 205 Å². The quantitative estimate of drug-likeness (QED) is 0.374. The number of carbonyl (C=O) groups is 4. The minimum Gasteiger partial charge on any atom is -0.493 e. The van der Waals surface area contributed by atoms with Gasteiger partial charge in [0.25, 0.3) is 11.8 Å². The van der Waals surface area contributed by atoms with E-state index in [1.54, 1.807) is 54.8 Å². The second kappa shape index (κ2) is 9.98. The number of esters is 1. The van der Waals surface area contributed by atoms with Gasteiger partial charge in [0.05, 0.1) is 32.0 Å². The maximum Gasteiger partial charge on any atom is 0.341 e. The summed E-state index contributed by atoms with van der Waals surface area (Å²) in [5.41, 5.74) is 1.86. The Morgan fingerprint density at radius 2 is 1.60 bits per heavy atom. The van der Waals surface area contributed by atoms with Crippen LogP contribution in [0.25, 0.3) is 11.1 Å². The van der Waals surface area contributed by atoms with Crippen molar-refractivity contribution in [3.63, 3.8) is 0 Å². The van der Waals surface area contributed by atoms with Crippen LogP contribution in [0.4, 0.5) is 5.00 Å². The van der Waals surface area contributed by atoms with Crippen LogP contribution in [0.2, 0.25) is 0 Å². The number of rotatable bonds is 8. The van der Waals surface area contributed by atoms with E-state index in [1.807, 2.05) is 0 Å². The van der Waals surface area contributed by atoms with Crippen molar-refractivity contribution in [2.24, 2.45) is 0 Å². The number of hydrogen-bond donors (Lipinski definition) is 1. The number of methoxy groups -OCH3 is 2. The molecule has 9 nitrogen and oxygen atoms in total. The minimum absolute atomic E-state index is 0.141. The van der Waals surface area contributed by atoms with Crippen LogP contribution in [-0.4, -0.2) is 56.0 Å². The van der Waals surface area contributed by atoms with Gasteiger partial charge in [0.1, 0.15) is 17.1 Å². The fraction of sp³-hybridized carbons (Fsp3) is 0.200. The third-order valence-corrected chi connectivity index (χ3v) is 6.29. The van der Waals surface area contributed by atoms with Crippen molar-refractivity contribution in [2.75, 3.05) is 32.7 Å². The van der Waals surface area contributed by atoms with E-state index in [0.29, 0.717) is 22.6 Å². The average Bonchev–Trinajstić information content (AvgIpc) is 3.38. The maximum atomic E-state index is 12.8. The highest BCUT2D eigenvalue weighted by Gasteiger charge is 2.36. The monoisotopic (exact) mass is 494 g/mol. The van der Waals surface area contributed by atoms with Crippen LogP contribution in [0, 0.1) is 0 Å². The molecular formula is C25H22N2O7S. The first-order chi connectivity index (χ1) is 16.9. The predicted molar refractivity (Wildman–Crippen MR) is 129 cm³/mol. The Balaban J connectivity index is 1.61. The SMILES string of the molecule is CCOC(=O)c1c(-c2ccc(OC)c(OC)c2)csc1NC(=O)CN1C(=O)c2ccccc2C1=O. The lowest BCUT2D eigenvalue weighted by atomic mass is 10.0. The zero-order valence-electron chi connectivity index (χ0n) is 19.2. The van der Waals surface area contributed by atoms with Gasteiger partial charge in [-0.05, 0) is 36.8 Å². The Hall–Kier alpha value is -4.18. The summed E-state index contributed by atoms with van der Waals surface area (Å²) in [7, 11) is 3.03. The molecule has 2 aromatic carbocycles. The molecule has 35 heavy (non-hydrogen) atoms. The lowest BCUT2D eigenvalue weighted by Gasteiger charge is -2.14. The molecule has 1 aliphatic rings. The van der Waals surface area contributed by atoms with Gasteiger partial charge in [-0.25, -0.2) is 4.79 Å². The zero-order chi connectivity index (χ0) is 25.1. The number of amides is 3. The summed E-state index contributed by atoms with van der Waals surface area (Å²) < 4.78 is 15.9. The smallest absolute Gasteiger partial charge is 0.341 e. The Kier molecular flexibility index (Phi) is 6.83. The summed E-state index contributed by atoms with van der Waals surface area (Å²) in [6.45, 7) is 1.33. The van der Waals surface area contributed by atoms with Gasteiger partial charge in [0.2, 0.25) is 5.91 Å². The first-order valence-corrected chi connectivity index (χ1v) is 11.5. The molecular weight excluding hydrogens is 472 g/mol. The number of hydrogen-bond acceptors (Lipinski definition) is 8. The van der Waals surface area contributed by atoms with Crippen LogP contribution in [-0.2, 0) is 9.53 Å². The van der Waals surface area contributed by atoms with Crippen LogP contribution in [0.15, 0.2) is 47.8 Å². The normalized spacial score (nSPS) is 12.4. The fourth-order valence-corrected chi connectivity index (χ4v) is 4.74. The molecule has 2 heterocycles. The average molecular weight is 495 g/mol. The van der Waals surface area contributed by atoms with Gasteiger partial charge < -0.3 is 19.5 Å². The number of ether oxygens (including phenoxy) is 3. The van der Waals surface area contributed by atoms with Crippen LogP contribution in [0.1, 0.15) is 38.0 Å². The van der Waals surface area contributed by atoms with E-state index in [0.717, 1.165) is 16.2 Å². The second-order valence-corrected chi connectivity index (χ2v) is 8.31. The van der Waals surface area contributed by atoms with Crippen LogP contribution >= 0.6 is 11.3 Å². The van der Waals surface area contributed by atoms with Crippen LogP contribution in [0.3, 0.4) is 0 Å². The third kappa shape index (κ3) is 4.47. The number of fused-ring (bicyclic) bond motifs is 1. The summed E-state index contributed by atoms with van der Waals surface area (Å²) in [5, 5.41) is 4.62. The van der Waals surface area contributed by atoms with Crippen molar-refractivity contribution < 1.29 is 33.4 Å². The minimum atomic E-state index is -0.620. The Morgan fingerprint density at radius 3 is 2.20 bits per heavy atom. The highest BCUT2D eigenvalue weighted by molar-refractivity contribution is 7.15. The standard InChI is InChI=1S/C25H22N2O7S/c1-4-34-25(31)21-17(14-9-10-18(32-2)19(11-14)33-3)13-35-22(21)26-20(28)12-27-23(29)15-7-5-6-8-16(15)24(27)30/h5-11,13H,4,12H2,1-3H3,(H,26,28). The highest BCUT2D eigenvalue weighted by Crippen LogP contribution is 2.39. The Bertz CT molecular complexity index is 1300. The lowest BCUT2D eigenvalue weighted by Crippen LogP contribution is -2.37. The molecule has 180 valence electrons. The maximum absolute atomic E-state index is 12.8. The summed E-state index contributed by atoms with van der Waals surface area (Å²) in [5.74, 6) is -1.31. The van der Waals surface area contributed by atoms with E-state index in [9.17, 15) is 19.2 Å². The molecule has 0 radical (unpaired) electrons. The van der Waals surface area contributed by atoms with Crippen LogP contribution in [0.5, 0.6) is 11.5 Å². The number of nitrogens with one attached hydrogen (secondary N) is 1. The van der Waals surface area contributed by atoms with Gasteiger partial charge >= 0.3 is 5.97 Å². The molecule has 0 saturated carbocycles. The summed E-state index contributed by atoms with van der Waals surface area (Å²) in [6, 6.07) is 11.6. The predicted octanol–water partition coefficient (Wildman–Crippen LogP) is 3.84. The van der Waals surface area contributed by atoms with E-state index >= 15 is 0 Å². The lowest BCUT2D eigenvalue weighted by molar-refractivity contribution is -0.116. The molecule has 4 rings (SSSR count). The van der Waals surface area contributed by atoms with Crippen molar-refractivity contribution >= 4 is 40.0 Å². The van der Waals surface area contributed by atoms with E-state index in [2.05, 4.69) is 5.32 Å². The third-order valence-electron chi connectivity index (χ3n) is 5.40. The number of anilines is 1. The topological polar surface area (TPSA) is 111 Å². The molecule has 0 spiro atoms. The molecule has 0 saturated heterocycles. The number of nitrogens with zero attached hydrogens (tertiary/aromatic N) is 1. The van der Waals surface area contributed by atoms with E-state index in [4.69, 9.17) is 14.2 Å². The molecule has 3 aromatic rings. The van der Waals surface area contributed by atoms with Gasteiger partial charge in [0, 0.05) is 10.9 Å². The van der Waals surface area contributed by atoms with E-state index in [-0.39, 0.29) is 28.3 Å². The van der Waals surface area contributed by atoms with Crippen LogP contribution < -0.4 is 14.8 Å². The first-order valence-electron chi connectivity index (χ1n) is 10.7. The largest absolute Gasteiger partial charge is 0.493 e. The number of carbonyl (C=O) groups excluding carboxylic acids is 4. The molecule has 1 N–H and O–H groups in total. The first kappa shape index (κ1) is 24.0. The number of benzene rings is 2. The van der Waals surface area contributed by atoms with Crippen molar-refractivity contribution in [1.29, 1.82) is 0 Å². The molecule has 0 aliphatic carbocycles. The van der Waals surface area contributed by atoms with Gasteiger partial charge in [-0.15, -0.1) is 11.3 Å². The number of imide groups is 1. The zero-order valence-corrected chi connectivity index (χ0v) is 20.1. The van der Waals surface area contributed by atoms with E-state index in [1.165, 1.54) is 14.2 Å². The molecule has 0 unspecified atom stereocenters. The molecule has 0 atom stereocenters. The van der Waals surface area contributed by atoms with Gasteiger partial charge in [-0.1, -0.05) is 18.2 Å². The van der Waals surface area contributed by atoms with Crippen molar-refractivity contribution in [3.8, 4) is 22.6 Å². The summed E-state index contributed by atoms with van der Waals surface area (Å²) >= 11 is 1.13. The summed E-state index contributed by atoms with van der Waals surface area (Å²) in [6.07, 6.45) is 0. The molecule has 3 amide bonds. The van der Waals surface area contributed by atoms with Gasteiger partial charge in [-0.2, -0.15) is 0 Å². The van der Waals surface area contributed by atoms with Gasteiger partial charge in [0.15, 0.2) is 11.5 Å². The molecule has 1 aromatic heterocycles. The van der Waals surface area contributed by atoms with Crippen molar-refractivity contribution in [1.82, 2.24) is 4.90 Å². The highest BCUT2D eigenvalue weighted by atomic mass is 32.1. The molecule has 0 bridgehead atoms. The second-order valence-electron chi connectivity index (χ2n) is 7.43. The fourth-order valence-electron chi connectivity index (χ4n) is 3.76. The molecule has 10 heteroatoms. The van der Waals surface area contributed by atoms with Crippen molar-refractivity contribution in [2.45, 2.75) is 6.92 Å². The molecule has 0 fully saturated rings. The number of thiophene rings is 1. The van der Waals surface area contributed by atoms with Gasteiger partial charge in [-0.3, -0.25) is 19.3 Å².